The second-order valence-corrected chi connectivity index (χ2v) is 3.70. The highest BCUT2D eigenvalue weighted by atomic mass is 16.4. The monoisotopic (exact) mass is 217 g/mol. The number of hydrogen-bond donors (Lipinski definition) is 2. The molecule has 0 saturated heterocycles. The van der Waals surface area contributed by atoms with Crippen LogP contribution in [-0.4, -0.2) is 21.2 Å². The number of aromatic nitrogens is 1. The Morgan fingerprint density at radius 3 is 2.62 bits per heavy atom. The third-order valence-electron chi connectivity index (χ3n) is 2.58. The van der Waals surface area contributed by atoms with Gasteiger partial charge in [0.25, 0.3) is 0 Å². The summed E-state index contributed by atoms with van der Waals surface area (Å²) in [6, 6.07) is 5.26. The van der Waals surface area contributed by atoms with Crippen molar-refractivity contribution >= 4 is 16.9 Å². The van der Waals surface area contributed by atoms with Gasteiger partial charge in [-0.25, -0.2) is 9.78 Å². The van der Waals surface area contributed by atoms with Crippen LogP contribution in [0.5, 0.6) is 5.75 Å². The fourth-order valence-electron chi connectivity index (χ4n) is 1.75. The lowest BCUT2D eigenvalue weighted by Gasteiger charge is -2.08. The SMILES string of the molecule is Cc1nc2c(C)cccc2c(C(=O)O)c1O. The molecule has 0 aliphatic rings. The van der Waals surface area contributed by atoms with Crippen LogP contribution >= 0.6 is 0 Å². The normalized spacial score (nSPS) is 10.6. The highest BCUT2D eigenvalue weighted by molar-refractivity contribution is 6.05. The van der Waals surface area contributed by atoms with E-state index in [0.717, 1.165) is 5.56 Å². The highest BCUT2D eigenvalue weighted by Gasteiger charge is 2.18. The number of aromatic hydroxyl groups is 1. The van der Waals surface area contributed by atoms with E-state index in [2.05, 4.69) is 4.98 Å². The van der Waals surface area contributed by atoms with Crippen LogP contribution in [0.1, 0.15) is 21.6 Å². The van der Waals surface area contributed by atoms with Gasteiger partial charge < -0.3 is 10.2 Å². The van der Waals surface area contributed by atoms with Crippen molar-refractivity contribution in [3.8, 4) is 5.75 Å². The fourth-order valence-corrected chi connectivity index (χ4v) is 1.75. The second kappa shape index (κ2) is 3.48. The summed E-state index contributed by atoms with van der Waals surface area (Å²) in [5.74, 6) is -1.40. The van der Waals surface area contributed by atoms with Crippen LogP contribution in [0.3, 0.4) is 0 Å². The van der Waals surface area contributed by atoms with E-state index in [-0.39, 0.29) is 11.3 Å². The van der Waals surface area contributed by atoms with Crippen molar-refractivity contribution < 1.29 is 15.0 Å². The van der Waals surface area contributed by atoms with Gasteiger partial charge in [-0.1, -0.05) is 18.2 Å². The minimum absolute atomic E-state index is 0.0776. The largest absolute Gasteiger partial charge is 0.505 e. The third kappa shape index (κ3) is 1.39. The number of benzene rings is 1. The maximum Gasteiger partial charge on any atom is 0.340 e. The Morgan fingerprint density at radius 1 is 1.31 bits per heavy atom. The van der Waals surface area contributed by atoms with Crippen LogP contribution in [0.2, 0.25) is 0 Å². The molecular weight excluding hydrogens is 206 g/mol. The van der Waals surface area contributed by atoms with Gasteiger partial charge in [-0.15, -0.1) is 0 Å². The fraction of sp³-hybridized carbons (Fsp3) is 0.167. The van der Waals surface area contributed by atoms with Crippen LogP contribution < -0.4 is 0 Å². The molecule has 16 heavy (non-hydrogen) atoms. The average molecular weight is 217 g/mol. The molecule has 0 radical (unpaired) electrons. The van der Waals surface area contributed by atoms with E-state index in [0.29, 0.717) is 16.6 Å². The molecule has 0 aliphatic carbocycles. The van der Waals surface area contributed by atoms with Gasteiger partial charge in [0, 0.05) is 5.39 Å². The molecular formula is C12H11NO3. The molecule has 2 aromatic rings. The Morgan fingerprint density at radius 2 is 2.00 bits per heavy atom. The average Bonchev–Trinajstić information content (AvgIpc) is 2.21. The van der Waals surface area contributed by atoms with E-state index >= 15 is 0 Å². The van der Waals surface area contributed by atoms with Crippen molar-refractivity contribution in [3.63, 3.8) is 0 Å². The van der Waals surface area contributed by atoms with Crippen molar-refractivity contribution in [2.24, 2.45) is 0 Å². The number of aromatic carboxylic acids is 1. The Hall–Kier alpha value is -2.10. The molecule has 4 nitrogen and oxygen atoms in total. The van der Waals surface area contributed by atoms with E-state index < -0.39 is 5.97 Å². The quantitative estimate of drug-likeness (QED) is 0.768. The topological polar surface area (TPSA) is 70.4 Å². The Labute approximate surface area is 92.2 Å². The summed E-state index contributed by atoms with van der Waals surface area (Å²) in [5, 5.41) is 19.3. The lowest BCUT2D eigenvalue weighted by molar-refractivity contribution is 0.0695. The molecule has 2 rings (SSSR count). The van der Waals surface area contributed by atoms with Gasteiger partial charge in [0.2, 0.25) is 0 Å². The molecule has 0 amide bonds. The number of carbonyl (C=O) groups is 1. The molecule has 0 atom stereocenters. The van der Waals surface area contributed by atoms with Crippen LogP contribution in [0.4, 0.5) is 0 Å². The number of carboxylic acid groups (broad SMARTS) is 1. The number of nitrogens with zero attached hydrogens (tertiary/aromatic N) is 1. The number of para-hydroxylation sites is 1. The lowest BCUT2D eigenvalue weighted by atomic mass is 10.0. The molecule has 4 heteroatoms. The second-order valence-electron chi connectivity index (χ2n) is 3.70. The molecule has 1 heterocycles. The Bertz CT molecular complexity index is 590. The molecule has 0 fully saturated rings. The maximum atomic E-state index is 11.1. The van der Waals surface area contributed by atoms with Gasteiger partial charge in [0.15, 0.2) is 5.75 Å². The van der Waals surface area contributed by atoms with E-state index in [1.165, 1.54) is 0 Å². The predicted molar refractivity (Wildman–Crippen MR) is 59.8 cm³/mol. The zero-order chi connectivity index (χ0) is 11.9. The van der Waals surface area contributed by atoms with Gasteiger partial charge in [-0.05, 0) is 19.4 Å². The number of fused-ring (bicyclic) bond motifs is 1. The molecule has 2 N–H and O–H groups in total. The van der Waals surface area contributed by atoms with Crippen molar-refractivity contribution in [2.75, 3.05) is 0 Å². The summed E-state index contributed by atoms with van der Waals surface area (Å²) >= 11 is 0. The summed E-state index contributed by atoms with van der Waals surface area (Å²) in [6.45, 7) is 3.45. The van der Waals surface area contributed by atoms with Crippen LogP contribution in [0.15, 0.2) is 18.2 Å². The predicted octanol–water partition coefficient (Wildman–Crippen LogP) is 2.26. The van der Waals surface area contributed by atoms with E-state index in [1.54, 1.807) is 19.1 Å². The van der Waals surface area contributed by atoms with Gasteiger partial charge >= 0.3 is 5.97 Å². The standard InChI is InChI=1S/C12H11NO3/c1-6-4-3-5-8-9(12(15)16)11(14)7(2)13-10(6)8/h3-5,14H,1-2H3,(H,15,16). The number of rotatable bonds is 1. The number of hydrogen-bond acceptors (Lipinski definition) is 3. The highest BCUT2D eigenvalue weighted by Crippen LogP contribution is 2.29. The van der Waals surface area contributed by atoms with Crippen LogP contribution in [-0.2, 0) is 0 Å². The van der Waals surface area contributed by atoms with E-state index in [1.807, 2.05) is 13.0 Å². The minimum Gasteiger partial charge on any atom is -0.505 e. The van der Waals surface area contributed by atoms with E-state index in [4.69, 9.17) is 5.11 Å². The molecule has 0 saturated carbocycles. The van der Waals surface area contributed by atoms with E-state index in [9.17, 15) is 9.90 Å². The molecule has 0 bridgehead atoms. The molecule has 82 valence electrons. The first-order valence-corrected chi connectivity index (χ1v) is 4.84. The van der Waals surface area contributed by atoms with Gasteiger partial charge in [0.1, 0.15) is 5.56 Å². The Kier molecular flexibility index (Phi) is 2.27. The summed E-state index contributed by atoms with van der Waals surface area (Å²) in [7, 11) is 0. The van der Waals surface area contributed by atoms with Crippen molar-refractivity contribution in [1.82, 2.24) is 4.98 Å². The number of pyridine rings is 1. The molecule has 1 aromatic carbocycles. The van der Waals surface area contributed by atoms with Crippen LogP contribution in [0, 0.1) is 13.8 Å². The van der Waals surface area contributed by atoms with Crippen molar-refractivity contribution in [3.05, 3.63) is 35.0 Å². The van der Waals surface area contributed by atoms with Gasteiger partial charge in [-0.2, -0.15) is 0 Å². The van der Waals surface area contributed by atoms with Gasteiger partial charge in [0.05, 0.1) is 11.2 Å². The smallest absolute Gasteiger partial charge is 0.340 e. The minimum atomic E-state index is -1.14. The van der Waals surface area contributed by atoms with Gasteiger partial charge in [-0.3, -0.25) is 0 Å². The first-order chi connectivity index (χ1) is 7.52. The van der Waals surface area contributed by atoms with Crippen molar-refractivity contribution in [1.29, 1.82) is 0 Å². The maximum absolute atomic E-state index is 11.1. The van der Waals surface area contributed by atoms with Crippen LogP contribution in [0.25, 0.3) is 10.9 Å². The van der Waals surface area contributed by atoms with Crippen molar-refractivity contribution in [2.45, 2.75) is 13.8 Å². The zero-order valence-electron chi connectivity index (χ0n) is 8.98. The first kappa shape index (κ1) is 10.4. The first-order valence-electron chi connectivity index (χ1n) is 4.84. The summed E-state index contributed by atoms with van der Waals surface area (Å²) < 4.78 is 0. The Balaban J connectivity index is 3.00. The summed E-state index contributed by atoms with van der Waals surface area (Å²) in [5.41, 5.74) is 1.77. The number of carboxylic acids is 1. The molecule has 1 aromatic heterocycles. The third-order valence-corrected chi connectivity index (χ3v) is 2.58. The summed E-state index contributed by atoms with van der Waals surface area (Å²) in [4.78, 5) is 15.3. The molecule has 0 unspecified atom stereocenters. The molecule has 0 aliphatic heterocycles. The number of aryl methyl sites for hydroxylation is 2. The summed E-state index contributed by atoms with van der Waals surface area (Å²) in [6.07, 6.45) is 0. The molecule has 0 spiro atoms. The zero-order valence-corrected chi connectivity index (χ0v) is 8.98. The lowest BCUT2D eigenvalue weighted by Crippen LogP contribution is -2.02.